The van der Waals surface area contributed by atoms with Crippen LogP contribution >= 0.6 is 0 Å². The number of aromatic nitrogens is 1. The Kier molecular flexibility index (Phi) is 4.20. The molecule has 0 atom stereocenters. The average molecular weight is 273 g/mol. The lowest BCUT2D eigenvalue weighted by molar-refractivity contribution is -0.361. The number of H-pyrrole nitrogens is 1. The number of methoxy groups -OCH3 is 2. The average Bonchev–Trinajstić information content (AvgIpc) is 2.48. The predicted molar refractivity (Wildman–Crippen MR) is 75.2 cm³/mol. The van der Waals surface area contributed by atoms with Crippen molar-refractivity contribution in [2.75, 3.05) is 19.5 Å². The maximum atomic E-state index is 12.2. The van der Waals surface area contributed by atoms with E-state index in [1.165, 1.54) is 7.11 Å². The number of amides is 1. The fraction of sp³-hybridized carbons (Fsp3) is 0.200. The SMILES string of the molecule is COc1ccc(C(=O)Nc2[nH+]cccc2C)cc1OC. The van der Waals surface area contributed by atoms with Gasteiger partial charge in [-0.15, -0.1) is 0 Å². The Labute approximate surface area is 117 Å². The first-order valence-electron chi connectivity index (χ1n) is 6.16. The van der Waals surface area contributed by atoms with Gasteiger partial charge in [0.2, 0.25) is 0 Å². The van der Waals surface area contributed by atoms with E-state index in [1.54, 1.807) is 31.5 Å². The summed E-state index contributed by atoms with van der Waals surface area (Å²) in [7, 11) is 3.09. The van der Waals surface area contributed by atoms with E-state index in [2.05, 4.69) is 10.3 Å². The molecule has 0 spiro atoms. The van der Waals surface area contributed by atoms with E-state index in [9.17, 15) is 4.79 Å². The third-order valence-corrected chi connectivity index (χ3v) is 2.95. The molecule has 0 bridgehead atoms. The summed E-state index contributed by atoms with van der Waals surface area (Å²) in [6.45, 7) is 1.92. The van der Waals surface area contributed by atoms with Crippen molar-refractivity contribution in [2.24, 2.45) is 0 Å². The molecule has 0 saturated carbocycles. The van der Waals surface area contributed by atoms with Gasteiger partial charge in [0.05, 0.1) is 26.0 Å². The molecule has 1 aromatic heterocycles. The molecule has 0 unspecified atom stereocenters. The first kappa shape index (κ1) is 13.9. The van der Waals surface area contributed by atoms with Gasteiger partial charge in [-0.3, -0.25) is 0 Å². The Hall–Kier alpha value is -2.56. The summed E-state index contributed by atoms with van der Waals surface area (Å²) in [4.78, 5) is 15.2. The monoisotopic (exact) mass is 273 g/mol. The quantitative estimate of drug-likeness (QED) is 0.927. The first-order chi connectivity index (χ1) is 9.65. The van der Waals surface area contributed by atoms with Crippen LogP contribution in [-0.2, 0) is 0 Å². The van der Waals surface area contributed by atoms with E-state index in [-0.39, 0.29) is 5.91 Å². The first-order valence-corrected chi connectivity index (χ1v) is 6.16. The molecule has 1 heterocycles. The molecule has 20 heavy (non-hydrogen) atoms. The van der Waals surface area contributed by atoms with E-state index in [4.69, 9.17) is 9.47 Å². The lowest BCUT2D eigenvalue weighted by Crippen LogP contribution is -2.20. The number of anilines is 1. The highest BCUT2D eigenvalue weighted by Crippen LogP contribution is 2.27. The summed E-state index contributed by atoms with van der Waals surface area (Å²) in [5, 5.41) is 2.82. The van der Waals surface area contributed by atoms with Gasteiger partial charge >= 0.3 is 5.91 Å². The van der Waals surface area contributed by atoms with E-state index >= 15 is 0 Å². The highest BCUT2D eigenvalue weighted by atomic mass is 16.5. The van der Waals surface area contributed by atoms with Crippen LogP contribution in [0.3, 0.4) is 0 Å². The normalized spacial score (nSPS) is 9.95. The number of hydrogen-bond acceptors (Lipinski definition) is 3. The lowest BCUT2D eigenvalue weighted by atomic mass is 10.2. The number of benzene rings is 1. The van der Waals surface area contributed by atoms with E-state index < -0.39 is 0 Å². The van der Waals surface area contributed by atoms with Crippen molar-refractivity contribution in [3.05, 3.63) is 47.7 Å². The minimum absolute atomic E-state index is 0.212. The van der Waals surface area contributed by atoms with Gasteiger partial charge < -0.3 is 9.47 Å². The number of carbonyl (C=O) groups excluding carboxylic acids is 1. The third kappa shape index (κ3) is 2.88. The van der Waals surface area contributed by atoms with Crippen molar-refractivity contribution in [3.8, 4) is 11.5 Å². The maximum absolute atomic E-state index is 12.2. The Balaban J connectivity index is 2.24. The number of hydrogen-bond donors (Lipinski definition) is 1. The molecule has 5 nitrogen and oxygen atoms in total. The second-order valence-corrected chi connectivity index (χ2v) is 4.25. The Morgan fingerprint density at radius 2 is 1.90 bits per heavy atom. The molecule has 2 aromatic rings. The molecule has 0 saturated heterocycles. The summed E-state index contributed by atoms with van der Waals surface area (Å²) >= 11 is 0. The molecule has 0 radical (unpaired) electrons. The van der Waals surface area contributed by atoms with Crippen molar-refractivity contribution in [2.45, 2.75) is 6.92 Å². The Morgan fingerprint density at radius 1 is 1.15 bits per heavy atom. The highest BCUT2D eigenvalue weighted by Gasteiger charge is 2.16. The number of aryl methyl sites for hydroxylation is 1. The van der Waals surface area contributed by atoms with Gasteiger partial charge in [-0.05, 0) is 37.3 Å². The Morgan fingerprint density at radius 3 is 2.55 bits per heavy atom. The van der Waals surface area contributed by atoms with Gasteiger partial charge in [0.1, 0.15) is 0 Å². The van der Waals surface area contributed by atoms with Gasteiger partial charge in [-0.1, -0.05) is 0 Å². The minimum atomic E-state index is -0.212. The fourth-order valence-electron chi connectivity index (χ4n) is 1.82. The van der Waals surface area contributed by atoms with Crippen molar-refractivity contribution in [1.82, 2.24) is 0 Å². The zero-order valence-corrected chi connectivity index (χ0v) is 11.7. The van der Waals surface area contributed by atoms with Crippen LogP contribution in [0.5, 0.6) is 11.5 Å². The maximum Gasteiger partial charge on any atom is 0.339 e. The van der Waals surface area contributed by atoms with Crippen LogP contribution < -0.4 is 19.8 Å². The zero-order valence-electron chi connectivity index (χ0n) is 11.7. The van der Waals surface area contributed by atoms with E-state index in [0.29, 0.717) is 22.9 Å². The van der Waals surface area contributed by atoms with Crippen LogP contribution in [0.1, 0.15) is 15.9 Å². The van der Waals surface area contributed by atoms with Crippen molar-refractivity contribution >= 4 is 11.7 Å². The number of nitrogens with one attached hydrogen (secondary N) is 2. The minimum Gasteiger partial charge on any atom is -0.493 e. The topological polar surface area (TPSA) is 61.7 Å². The summed E-state index contributed by atoms with van der Waals surface area (Å²) in [5.41, 5.74) is 1.46. The number of aromatic amines is 1. The fourth-order valence-corrected chi connectivity index (χ4v) is 1.82. The van der Waals surface area contributed by atoms with E-state index in [0.717, 1.165) is 5.56 Å². The molecular formula is C15H17N2O3+. The number of carbonyl (C=O) groups is 1. The van der Waals surface area contributed by atoms with Crippen LogP contribution in [0.15, 0.2) is 36.5 Å². The Bertz CT molecular complexity index is 626. The molecule has 1 aromatic carbocycles. The second-order valence-electron chi connectivity index (χ2n) is 4.25. The van der Waals surface area contributed by atoms with Crippen molar-refractivity contribution < 1.29 is 19.3 Å². The number of ether oxygens (including phenoxy) is 2. The molecule has 0 aliphatic rings. The standard InChI is InChI=1S/C15H16N2O3/c1-10-5-4-8-16-14(10)17-15(18)11-6-7-12(19-2)13(9-11)20-3/h4-9H,1-3H3,(H,16,17,18)/p+1. The van der Waals surface area contributed by atoms with E-state index in [1.807, 2.05) is 19.1 Å². The van der Waals surface area contributed by atoms with Gasteiger partial charge in [0.15, 0.2) is 11.5 Å². The molecule has 2 N–H and O–H groups in total. The summed E-state index contributed by atoms with van der Waals surface area (Å²) in [5.74, 6) is 1.57. The van der Waals surface area contributed by atoms with Crippen molar-refractivity contribution in [3.63, 3.8) is 0 Å². The molecule has 0 fully saturated rings. The molecule has 104 valence electrons. The molecule has 0 aliphatic carbocycles. The van der Waals surface area contributed by atoms with Crippen LogP contribution in [-0.4, -0.2) is 20.1 Å². The zero-order chi connectivity index (χ0) is 14.5. The number of rotatable bonds is 4. The molecule has 1 amide bonds. The van der Waals surface area contributed by atoms with Gasteiger partial charge in [-0.25, -0.2) is 15.1 Å². The van der Waals surface area contributed by atoms with Crippen LogP contribution in [0.4, 0.5) is 5.82 Å². The highest BCUT2D eigenvalue weighted by molar-refractivity contribution is 6.04. The third-order valence-electron chi connectivity index (χ3n) is 2.95. The van der Waals surface area contributed by atoms with Crippen LogP contribution in [0.2, 0.25) is 0 Å². The molecule has 0 aliphatic heterocycles. The van der Waals surface area contributed by atoms with Gasteiger partial charge in [-0.2, -0.15) is 0 Å². The summed E-state index contributed by atoms with van der Waals surface area (Å²) < 4.78 is 10.3. The smallest absolute Gasteiger partial charge is 0.339 e. The lowest BCUT2D eigenvalue weighted by Gasteiger charge is -2.08. The summed E-state index contributed by atoms with van der Waals surface area (Å²) in [6.07, 6.45) is 1.76. The largest absolute Gasteiger partial charge is 0.493 e. The molecular weight excluding hydrogens is 256 g/mol. The van der Waals surface area contributed by atoms with Gasteiger partial charge in [0, 0.05) is 5.56 Å². The second kappa shape index (κ2) is 6.06. The van der Waals surface area contributed by atoms with Gasteiger partial charge in [0.25, 0.3) is 5.82 Å². The molecule has 2 rings (SSSR count). The van der Waals surface area contributed by atoms with Crippen molar-refractivity contribution in [1.29, 1.82) is 0 Å². The predicted octanol–water partition coefficient (Wildman–Crippen LogP) is 2.08. The molecule has 5 heteroatoms. The van der Waals surface area contributed by atoms with Crippen LogP contribution in [0.25, 0.3) is 0 Å². The number of pyridine rings is 1. The summed E-state index contributed by atoms with van der Waals surface area (Å²) in [6, 6.07) is 8.83. The van der Waals surface area contributed by atoms with Crippen LogP contribution in [0, 0.1) is 6.92 Å².